The van der Waals surface area contributed by atoms with Crippen LogP contribution in [0, 0.1) is 11.7 Å². The number of rotatable bonds is 2. The maximum atomic E-state index is 14.2. The maximum Gasteiger partial charge on any atom is 0.187 e. The second kappa shape index (κ2) is 4.80. The Morgan fingerprint density at radius 3 is 3.11 bits per heavy atom. The molecule has 2 saturated heterocycles. The van der Waals surface area contributed by atoms with Crippen LogP contribution in [0.5, 0.6) is 0 Å². The van der Waals surface area contributed by atoms with E-state index in [9.17, 15) is 4.39 Å². The zero-order chi connectivity index (χ0) is 12.5. The van der Waals surface area contributed by atoms with E-state index < -0.39 is 0 Å². The summed E-state index contributed by atoms with van der Waals surface area (Å²) < 4.78 is 14.2. The fraction of sp³-hybridized carbons (Fsp3) is 0.692. The molecular weight excluding hydrogens is 231 g/mol. The number of aromatic nitrogens is 2. The number of halogens is 1. The van der Waals surface area contributed by atoms with Gasteiger partial charge in [-0.2, -0.15) is 0 Å². The van der Waals surface area contributed by atoms with E-state index >= 15 is 0 Å². The molecule has 2 atom stereocenters. The number of anilines is 1. The first kappa shape index (κ1) is 11.8. The third kappa shape index (κ3) is 1.96. The third-order valence-corrected chi connectivity index (χ3v) is 4.08. The van der Waals surface area contributed by atoms with Gasteiger partial charge in [0.25, 0.3) is 0 Å². The zero-order valence-electron chi connectivity index (χ0n) is 10.7. The summed E-state index contributed by atoms with van der Waals surface area (Å²) in [6, 6.07) is 0.498. The molecule has 4 nitrogen and oxygen atoms in total. The van der Waals surface area contributed by atoms with Crippen LogP contribution in [0.4, 0.5) is 10.2 Å². The number of hydrogen-bond donors (Lipinski definition) is 1. The SMILES string of the molecule is CCc1ncnc(N2CC3CCCNC3C2)c1F. The minimum absolute atomic E-state index is 0.237. The first-order valence-electron chi connectivity index (χ1n) is 6.77. The van der Waals surface area contributed by atoms with Crippen LogP contribution in [0.25, 0.3) is 0 Å². The first-order valence-corrected chi connectivity index (χ1v) is 6.77. The monoisotopic (exact) mass is 250 g/mol. The normalized spacial score (nSPS) is 27.3. The van der Waals surface area contributed by atoms with E-state index in [1.54, 1.807) is 0 Å². The summed E-state index contributed by atoms with van der Waals surface area (Å²) in [5.41, 5.74) is 0.517. The standard InChI is InChI=1S/C13H19FN4/c1-2-10-12(14)13(17-8-16-10)18-6-9-4-3-5-15-11(9)7-18/h8-9,11,15H,2-7H2,1H3. The Labute approximate surface area is 107 Å². The summed E-state index contributed by atoms with van der Waals surface area (Å²) in [5, 5.41) is 3.52. The molecule has 2 aliphatic rings. The molecule has 3 heterocycles. The fourth-order valence-corrected chi connectivity index (χ4v) is 3.08. The Balaban J connectivity index is 1.83. The van der Waals surface area contributed by atoms with Gasteiger partial charge < -0.3 is 10.2 Å². The molecule has 0 bridgehead atoms. The molecule has 5 heteroatoms. The molecule has 2 aliphatic heterocycles. The van der Waals surface area contributed by atoms with E-state index in [-0.39, 0.29) is 5.82 Å². The van der Waals surface area contributed by atoms with Crippen molar-refractivity contribution in [3.8, 4) is 0 Å². The van der Waals surface area contributed by atoms with Crippen LogP contribution in [0.2, 0.25) is 0 Å². The van der Waals surface area contributed by atoms with Gasteiger partial charge in [-0.3, -0.25) is 0 Å². The third-order valence-electron chi connectivity index (χ3n) is 4.08. The van der Waals surface area contributed by atoms with Crippen LogP contribution in [0.1, 0.15) is 25.5 Å². The van der Waals surface area contributed by atoms with Gasteiger partial charge in [-0.05, 0) is 31.7 Å². The van der Waals surface area contributed by atoms with Crippen molar-refractivity contribution < 1.29 is 4.39 Å². The average Bonchev–Trinajstić information content (AvgIpc) is 2.82. The molecule has 2 fully saturated rings. The zero-order valence-corrected chi connectivity index (χ0v) is 10.7. The fourth-order valence-electron chi connectivity index (χ4n) is 3.08. The number of aryl methyl sites for hydroxylation is 1. The minimum atomic E-state index is -0.237. The minimum Gasteiger partial charge on any atom is -0.352 e. The molecule has 0 aliphatic carbocycles. The summed E-state index contributed by atoms with van der Waals surface area (Å²) >= 11 is 0. The molecule has 0 spiro atoms. The van der Waals surface area contributed by atoms with Gasteiger partial charge in [0.2, 0.25) is 0 Å². The van der Waals surface area contributed by atoms with Gasteiger partial charge in [-0.1, -0.05) is 6.92 Å². The van der Waals surface area contributed by atoms with Gasteiger partial charge in [0.15, 0.2) is 11.6 Å². The van der Waals surface area contributed by atoms with Crippen molar-refractivity contribution in [2.75, 3.05) is 24.5 Å². The highest BCUT2D eigenvalue weighted by atomic mass is 19.1. The Kier molecular flexibility index (Phi) is 3.16. The lowest BCUT2D eigenvalue weighted by atomic mass is 9.94. The van der Waals surface area contributed by atoms with E-state index in [1.165, 1.54) is 19.2 Å². The van der Waals surface area contributed by atoms with Crippen molar-refractivity contribution >= 4 is 5.82 Å². The van der Waals surface area contributed by atoms with Crippen LogP contribution in [0.3, 0.4) is 0 Å². The Morgan fingerprint density at radius 1 is 1.44 bits per heavy atom. The molecular formula is C13H19FN4. The van der Waals surface area contributed by atoms with Gasteiger partial charge >= 0.3 is 0 Å². The van der Waals surface area contributed by atoms with Crippen molar-refractivity contribution in [3.05, 3.63) is 17.8 Å². The molecule has 2 unspecified atom stereocenters. The smallest absolute Gasteiger partial charge is 0.187 e. The second-order valence-corrected chi connectivity index (χ2v) is 5.18. The largest absolute Gasteiger partial charge is 0.352 e. The number of nitrogens with zero attached hydrogens (tertiary/aromatic N) is 3. The van der Waals surface area contributed by atoms with Gasteiger partial charge in [-0.25, -0.2) is 14.4 Å². The molecule has 18 heavy (non-hydrogen) atoms. The summed E-state index contributed by atoms with van der Waals surface area (Å²) in [7, 11) is 0. The molecule has 0 radical (unpaired) electrons. The second-order valence-electron chi connectivity index (χ2n) is 5.18. The lowest BCUT2D eigenvalue weighted by molar-refractivity contribution is 0.340. The van der Waals surface area contributed by atoms with E-state index in [0.717, 1.165) is 19.6 Å². The number of piperidine rings is 1. The van der Waals surface area contributed by atoms with E-state index in [1.807, 2.05) is 6.92 Å². The van der Waals surface area contributed by atoms with Crippen molar-refractivity contribution in [1.82, 2.24) is 15.3 Å². The van der Waals surface area contributed by atoms with Crippen LogP contribution >= 0.6 is 0 Å². The highest BCUT2D eigenvalue weighted by Crippen LogP contribution is 2.29. The molecule has 0 amide bonds. The molecule has 1 aromatic rings. The molecule has 1 aromatic heterocycles. The molecule has 1 N–H and O–H groups in total. The first-order chi connectivity index (χ1) is 8.79. The topological polar surface area (TPSA) is 41.1 Å². The molecule has 0 saturated carbocycles. The summed E-state index contributed by atoms with van der Waals surface area (Å²) in [6.45, 7) is 4.78. The van der Waals surface area contributed by atoms with Gasteiger partial charge in [-0.15, -0.1) is 0 Å². The Morgan fingerprint density at radius 2 is 2.33 bits per heavy atom. The van der Waals surface area contributed by atoms with Crippen molar-refractivity contribution in [3.63, 3.8) is 0 Å². The summed E-state index contributed by atoms with van der Waals surface area (Å²) in [5.74, 6) is 0.884. The Hall–Kier alpha value is -1.23. The van der Waals surface area contributed by atoms with Crippen molar-refractivity contribution in [2.45, 2.75) is 32.2 Å². The number of fused-ring (bicyclic) bond motifs is 1. The van der Waals surface area contributed by atoms with Crippen LogP contribution in [-0.4, -0.2) is 35.6 Å². The number of hydrogen-bond acceptors (Lipinski definition) is 4. The van der Waals surface area contributed by atoms with E-state index in [2.05, 4.69) is 20.2 Å². The lowest BCUT2D eigenvalue weighted by Crippen LogP contribution is -2.40. The van der Waals surface area contributed by atoms with Gasteiger partial charge in [0.1, 0.15) is 6.33 Å². The van der Waals surface area contributed by atoms with Gasteiger partial charge in [0, 0.05) is 19.1 Å². The highest BCUT2D eigenvalue weighted by Gasteiger charge is 2.35. The summed E-state index contributed by atoms with van der Waals surface area (Å²) in [4.78, 5) is 10.2. The van der Waals surface area contributed by atoms with E-state index in [4.69, 9.17) is 0 Å². The lowest BCUT2D eigenvalue weighted by Gasteiger charge is -2.24. The molecule has 0 aromatic carbocycles. The molecule has 98 valence electrons. The quantitative estimate of drug-likeness (QED) is 0.860. The predicted octanol–water partition coefficient (Wildman–Crippen LogP) is 1.37. The van der Waals surface area contributed by atoms with Crippen molar-refractivity contribution in [1.29, 1.82) is 0 Å². The predicted molar refractivity (Wildman–Crippen MR) is 68.1 cm³/mol. The number of nitrogens with one attached hydrogen (secondary N) is 1. The maximum absolute atomic E-state index is 14.2. The molecule has 3 rings (SSSR count). The highest BCUT2D eigenvalue weighted by molar-refractivity contribution is 5.43. The summed E-state index contributed by atoms with van der Waals surface area (Å²) in [6.07, 6.45) is 4.55. The van der Waals surface area contributed by atoms with Crippen molar-refractivity contribution in [2.24, 2.45) is 5.92 Å². The average molecular weight is 250 g/mol. The Bertz CT molecular complexity index is 423. The van der Waals surface area contributed by atoms with Gasteiger partial charge in [0.05, 0.1) is 5.69 Å². The van der Waals surface area contributed by atoms with Crippen LogP contribution < -0.4 is 10.2 Å². The van der Waals surface area contributed by atoms with E-state index in [0.29, 0.717) is 29.9 Å². The van der Waals surface area contributed by atoms with Crippen LogP contribution in [-0.2, 0) is 6.42 Å². The van der Waals surface area contributed by atoms with Crippen LogP contribution in [0.15, 0.2) is 6.33 Å².